The van der Waals surface area contributed by atoms with Gasteiger partial charge in [0, 0.05) is 11.5 Å². The first-order valence-corrected chi connectivity index (χ1v) is 10.2. The van der Waals surface area contributed by atoms with E-state index in [1.807, 2.05) is 37.3 Å². The molecule has 0 aliphatic rings. The highest BCUT2D eigenvalue weighted by Crippen LogP contribution is 2.31. The third-order valence-electron chi connectivity index (χ3n) is 5.05. The molecule has 0 saturated heterocycles. The lowest BCUT2D eigenvalue weighted by Crippen LogP contribution is -2.32. The van der Waals surface area contributed by atoms with Crippen LogP contribution in [0.1, 0.15) is 18.5 Å². The third kappa shape index (κ3) is 3.39. The second kappa shape index (κ2) is 7.79. The number of amides is 1. The number of nitrogens with one attached hydrogen (secondary N) is 1. The quantitative estimate of drug-likeness (QED) is 0.522. The minimum Gasteiger partial charge on any atom is -0.497 e. The Morgan fingerprint density at radius 2 is 1.97 bits per heavy atom. The minimum absolute atomic E-state index is 0.263. The number of anilines is 1. The zero-order valence-corrected chi connectivity index (χ0v) is 17.9. The first-order chi connectivity index (χ1) is 14.4. The summed E-state index contributed by atoms with van der Waals surface area (Å²) in [5.41, 5.74) is 1.93. The van der Waals surface area contributed by atoms with E-state index in [1.165, 1.54) is 22.0 Å². The standard InChI is InChI=1S/C22H21N3O4S/c1-12-10-19(26)25(20-15(12)6-5-7-17(20)29-4)13(2)21(27)24-22-23-16-9-8-14(28-3)11-18(16)30-22/h5-11,13H,1-4H3,(H,23,24,27). The predicted molar refractivity (Wildman–Crippen MR) is 119 cm³/mol. The number of carbonyl (C=O) groups is 1. The van der Waals surface area contributed by atoms with Crippen LogP contribution < -0.4 is 20.3 Å². The van der Waals surface area contributed by atoms with Gasteiger partial charge in [0.15, 0.2) is 5.13 Å². The number of hydrogen-bond donors (Lipinski definition) is 1. The van der Waals surface area contributed by atoms with Gasteiger partial charge in [-0.2, -0.15) is 0 Å². The molecule has 2 heterocycles. The summed E-state index contributed by atoms with van der Waals surface area (Å²) in [6.07, 6.45) is 0. The van der Waals surface area contributed by atoms with Gasteiger partial charge in [-0.3, -0.25) is 14.2 Å². The van der Waals surface area contributed by atoms with Gasteiger partial charge < -0.3 is 14.8 Å². The number of nitrogens with zero attached hydrogens (tertiary/aromatic N) is 2. The second-order valence-electron chi connectivity index (χ2n) is 6.91. The predicted octanol–water partition coefficient (Wildman–Crippen LogP) is 4.14. The molecule has 1 N–H and O–H groups in total. The Morgan fingerprint density at radius 3 is 2.70 bits per heavy atom. The molecule has 30 heavy (non-hydrogen) atoms. The minimum atomic E-state index is -0.765. The van der Waals surface area contributed by atoms with Gasteiger partial charge in [0.05, 0.1) is 30.0 Å². The zero-order valence-electron chi connectivity index (χ0n) is 17.1. The van der Waals surface area contributed by atoms with E-state index in [4.69, 9.17) is 9.47 Å². The van der Waals surface area contributed by atoms with Gasteiger partial charge in [0.2, 0.25) is 5.91 Å². The van der Waals surface area contributed by atoms with Crippen molar-refractivity contribution in [2.24, 2.45) is 0 Å². The van der Waals surface area contributed by atoms with Gasteiger partial charge >= 0.3 is 0 Å². The number of para-hydroxylation sites is 1. The average molecular weight is 423 g/mol. The summed E-state index contributed by atoms with van der Waals surface area (Å²) in [6.45, 7) is 3.56. The van der Waals surface area contributed by atoms with Crippen molar-refractivity contribution < 1.29 is 14.3 Å². The Balaban J connectivity index is 1.73. The summed E-state index contributed by atoms with van der Waals surface area (Å²) >= 11 is 1.35. The van der Waals surface area contributed by atoms with E-state index in [9.17, 15) is 9.59 Å². The Labute approximate surface area is 176 Å². The molecule has 7 nitrogen and oxygen atoms in total. The van der Waals surface area contributed by atoms with E-state index in [1.54, 1.807) is 27.2 Å². The van der Waals surface area contributed by atoms with Gasteiger partial charge in [-0.1, -0.05) is 23.5 Å². The molecule has 1 atom stereocenters. The van der Waals surface area contributed by atoms with E-state index in [-0.39, 0.29) is 11.5 Å². The summed E-state index contributed by atoms with van der Waals surface area (Å²) < 4.78 is 13.1. The Bertz CT molecular complexity index is 1330. The highest BCUT2D eigenvalue weighted by molar-refractivity contribution is 7.22. The van der Waals surface area contributed by atoms with Crippen molar-refractivity contribution in [1.82, 2.24) is 9.55 Å². The van der Waals surface area contributed by atoms with Crippen molar-refractivity contribution in [2.75, 3.05) is 19.5 Å². The maximum atomic E-state index is 13.0. The first-order valence-electron chi connectivity index (χ1n) is 9.37. The molecule has 4 rings (SSSR count). The first kappa shape index (κ1) is 19.9. The molecule has 8 heteroatoms. The molecule has 0 spiro atoms. The molecule has 0 aliphatic heterocycles. The fourth-order valence-corrected chi connectivity index (χ4v) is 4.39. The maximum Gasteiger partial charge on any atom is 0.252 e. The van der Waals surface area contributed by atoms with E-state index >= 15 is 0 Å². The molecule has 0 saturated carbocycles. The molecule has 0 aliphatic carbocycles. The number of fused-ring (bicyclic) bond motifs is 2. The fraction of sp³-hybridized carbons (Fsp3) is 0.227. The molecule has 1 unspecified atom stereocenters. The normalized spacial score (nSPS) is 12.1. The number of methoxy groups -OCH3 is 2. The van der Waals surface area contributed by atoms with Crippen molar-refractivity contribution in [1.29, 1.82) is 0 Å². The second-order valence-corrected chi connectivity index (χ2v) is 7.94. The van der Waals surface area contributed by atoms with Crippen LogP contribution in [0.15, 0.2) is 47.3 Å². The summed E-state index contributed by atoms with van der Waals surface area (Å²) in [5.74, 6) is 0.932. The van der Waals surface area contributed by atoms with Crippen molar-refractivity contribution in [3.8, 4) is 11.5 Å². The van der Waals surface area contributed by atoms with Crippen molar-refractivity contribution in [2.45, 2.75) is 19.9 Å². The van der Waals surface area contributed by atoms with Gasteiger partial charge in [-0.25, -0.2) is 4.98 Å². The molecule has 0 radical (unpaired) electrons. The van der Waals surface area contributed by atoms with E-state index in [2.05, 4.69) is 10.3 Å². The monoisotopic (exact) mass is 423 g/mol. The van der Waals surface area contributed by atoms with Crippen LogP contribution in [0, 0.1) is 6.92 Å². The largest absolute Gasteiger partial charge is 0.497 e. The van der Waals surface area contributed by atoms with Crippen LogP contribution in [0.25, 0.3) is 21.1 Å². The third-order valence-corrected chi connectivity index (χ3v) is 5.99. The van der Waals surface area contributed by atoms with E-state index in [0.717, 1.165) is 26.9 Å². The topological polar surface area (TPSA) is 82.5 Å². The van der Waals surface area contributed by atoms with Gasteiger partial charge in [-0.05, 0) is 43.7 Å². The lowest BCUT2D eigenvalue weighted by Gasteiger charge is -2.19. The summed E-state index contributed by atoms with van der Waals surface area (Å²) in [5, 5.41) is 4.16. The van der Waals surface area contributed by atoms with Crippen molar-refractivity contribution in [3.63, 3.8) is 0 Å². The van der Waals surface area contributed by atoms with Gasteiger partial charge in [0.25, 0.3) is 5.56 Å². The number of hydrogen-bond acceptors (Lipinski definition) is 6. The Morgan fingerprint density at radius 1 is 1.17 bits per heavy atom. The molecule has 2 aromatic heterocycles. The van der Waals surface area contributed by atoms with E-state index in [0.29, 0.717) is 16.4 Å². The maximum absolute atomic E-state index is 13.0. The van der Waals surface area contributed by atoms with Crippen LogP contribution in [-0.2, 0) is 4.79 Å². The SMILES string of the molecule is COc1ccc2nc(NC(=O)C(C)n3c(=O)cc(C)c4cccc(OC)c43)sc2c1. The number of rotatable bonds is 5. The summed E-state index contributed by atoms with van der Waals surface area (Å²) in [4.78, 5) is 30.3. The number of aromatic nitrogens is 2. The van der Waals surface area contributed by atoms with Crippen molar-refractivity contribution >= 4 is 43.5 Å². The number of aryl methyl sites for hydroxylation is 1. The average Bonchev–Trinajstić information content (AvgIpc) is 3.14. The van der Waals surface area contributed by atoms with Crippen LogP contribution in [-0.4, -0.2) is 29.7 Å². The lowest BCUT2D eigenvalue weighted by atomic mass is 10.1. The molecule has 4 aromatic rings. The molecule has 0 fully saturated rings. The van der Waals surface area contributed by atoms with E-state index < -0.39 is 6.04 Å². The number of benzene rings is 2. The number of carbonyl (C=O) groups excluding carboxylic acids is 1. The molecular weight excluding hydrogens is 402 g/mol. The molecular formula is C22H21N3O4S. The highest BCUT2D eigenvalue weighted by atomic mass is 32.1. The summed E-state index contributed by atoms with van der Waals surface area (Å²) in [6, 6.07) is 11.9. The van der Waals surface area contributed by atoms with Crippen LogP contribution in [0.4, 0.5) is 5.13 Å². The molecule has 1 amide bonds. The van der Waals surface area contributed by atoms with Crippen molar-refractivity contribution in [3.05, 3.63) is 58.4 Å². The summed E-state index contributed by atoms with van der Waals surface area (Å²) in [7, 11) is 3.15. The van der Waals surface area contributed by atoms with Crippen LogP contribution in [0.5, 0.6) is 11.5 Å². The molecule has 2 aromatic carbocycles. The van der Waals surface area contributed by atoms with Gasteiger partial charge in [0.1, 0.15) is 17.5 Å². The van der Waals surface area contributed by atoms with Crippen LogP contribution in [0.3, 0.4) is 0 Å². The lowest BCUT2D eigenvalue weighted by molar-refractivity contribution is -0.118. The molecule has 154 valence electrons. The highest BCUT2D eigenvalue weighted by Gasteiger charge is 2.22. The zero-order chi connectivity index (χ0) is 21.4. The molecule has 0 bridgehead atoms. The Hall–Kier alpha value is -3.39. The number of ether oxygens (including phenoxy) is 2. The number of thiazole rings is 1. The number of pyridine rings is 1. The fourth-order valence-electron chi connectivity index (χ4n) is 3.49. The smallest absolute Gasteiger partial charge is 0.252 e. The van der Waals surface area contributed by atoms with Crippen LogP contribution in [0.2, 0.25) is 0 Å². The van der Waals surface area contributed by atoms with Crippen LogP contribution >= 0.6 is 11.3 Å². The van der Waals surface area contributed by atoms with Gasteiger partial charge in [-0.15, -0.1) is 0 Å². The Kier molecular flexibility index (Phi) is 5.17.